The number of nitrogens with one attached hydrogen (secondary N) is 1. The molecule has 1 aromatic heterocycles. The topological polar surface area (TPSA) is 41.0 Å². The molecule has 4 nitrogen and oxygen atoms in total. The molecule has 1 amide bonds. The van der Waals surface area contributed by atoms with E-state index >= 15 is 0 Å². The third kappa shape index (κ3) is 2.29. The Morgan fingerprint density at radius 3 is 2.61 bits per heavy atom. The van der Waals surface area contributed by atoms with E-state index in [1.54, 1.807) is 10.8 Å². The Hall–Kier alpha value is -2.66. The molecule has 2 heterocycles. The maximum absolute atomic E-state index is 13.1. The maximum atomic E-state index is 13.1. The van der Waals surface area contributed by atoms with E-state index in [1.807, 2.05) is 53.4 Å². The van der Waals surface area contributed by atoms with Crippen LogP contribution in [-0.4, -0.2) is 22.0 Å². The molecule has 114 valence electrons. The van der Waals surface area contributed by atoms with Crippen LogP contribution in [0.4, 0.5) is 5.69 Å². The number of para-hydroxylation sites is 2. The van der Waals surface area contributed by atoms with Crippen molar-refractivity contribution in [2.24, 2.45) is 0 Å². The van der Waals surface area contributed by atoms with Crippen LogP contribution in [0.1, 0.15) is 16.1 Å². The molecule has 1 aliphatic heterocycles. The molecule has 4 rings (SSSR count). The van der Waals surface area contributed by atoms with Crippen LogP contribution < -0.4 is 4.90 Å². The Balaban J connectivity index is 1.78. The van der Waals surface area contributed by atoms with E-state index in [0.717, 1.165) is 17.8 Å². The standard InChI is InChI=1S/C18H15N3OS/c22-17(20-11-10-13-6-4-5-9-15(13)20)16-12-19-18(23)21(16)14-7-2-1-3-8-14/h1-9,12H,10-11H2,(H,19,23). The van der Waals surface area contributed by atoms with Crippen molar-refractivity contribution in [1.29, 1.82) is 0 Å². The quantitative estimate of drug-likeness (QED) is 0.731. The van der Waals surface area contributed by atoms with Gasteiger partial charge in [0.25, 0.3) is 5.91 Å². The van der Waals surface area contributed by atoms with Gasteiger partial charge in [0.15, 0.2) is 4.77 Å². The van der Waals surface area contributed by atoms with Crippen molar-refractivity contribution in [3.8, 4) is 5.69 Å². The highest BCUT2D eigenvalue weighted by Crippen LogP contribution is 2.29. The molecule has 5 heteroatoms. The van der Waals surface area contributed by atoms with Crippen molar-refractivity contribution in [2.75, 3.05) is 11.4 Å². The van der Waals surface area contributed by atoms with Crippen molar-refractivity contribution in [2.45, 2.75) is 6.42 Å². The van der Waals surface area contributed by atoms with E-state index in [2.05, 4.69) is 11.1 Å². The molecule has 0 saturated heterocycles. The zero-order valence-electron chi connectivity index (χ0n) is 12.4. The molecule has 3 aromatic rings. The van der Waals surface area contributed by atoms with Crippen LogP contribution in [0.2, 0.25) is 0 Å². The van der Waals surface area contributed by atoms with E-state index in [4.69, 9.17) is 12.2 Å². The van der Waals surface area contributed by atoms with Crippen LogP contribution in [0.3, 0.4) is 0 Å². The fraction of sp³-hybridized carbons (Fsp3) is 0.111. The number of carbonyl (C=O) groups excluding carboxylic acids is 1. The monoisotopic (exact) mass is 321 g/mol. The number of aromatic nitrogens is 2. The molecule has 0 unspecified atom stereocenters. The number of hydrogen-bond acceptors (Lipinski definition) is 2. The summed E-state index contributed by atoms with van der Waals surface area (Å²) in [6.07, 6.45) is 2.58. The van der Waals surface area contributed by atoms with Gasteiger partial charge >= 0.3 is 0 Å². The summed E-state index contributed by atoms with van der Waals surface area (Å²) >= 11 is 5.36. The van der Waals surface area contributed by atoms with E-state index < -0.39 is 0 Å². The normalized spacial score (nSPS) is 13.1. The summed E-state index contributed by atoms with van der Waals surface area (Å²) in [6, 6.07) is 17.7. The lowest BCUT2D eigenvalue weighted by Gasteiger charge is -2.18. The van der Waals surface area contributed by atoms with Crippen molar-refractivity contribution < 1.29 is 4.79 Å². The SMILES string of the molecule is O=C(c1c[nH]c(=S)n1-c1ccccc1)N1CCc2ccccc21. The lowest BCUT2D eigenvalue weighted by atomic mass is 10.2. The summed E-state index contributed by atoms with van der Waals surface area (Å²) < 4.78 is 2.31. The Kier molecular flexibility index (Phi) is 3.35. The highest BCUT2D eigenvalue weighted by Gasteiger charge is 2.27. The van der Waals surface area contributed by atoms with Gasteiger partial charge in [-0.25, -0.2) is 0 Å². The van der Waals surface area contributed by atoms with Gasteiger partial charge in [0.2, 0.25) is 0 Å². The zero-order chi connectivity index (χ0) is 15.8. The molecule has 0 saturated carbocycles. The molecule has 2 aromatic carbocycles. The van der Waals surface area contributed by atoms with Gasteiger partial charge in [-0.1, -0.05) is 36.4 Å². The highest BCUT2D eigenvalue weighted by molar-refractivity contribution is 7.71. The third-order valence-corrected chi connectivity index (χ3v) is 4.44. The minimum Gasteiger partial charge on any atom is -0.336 e. The van der Waals surface area contributed by atoms with Gasteiger partial charge in [-0.15, -0.1) is 0 Å². The van der Waals surface area contributed by atoms with Crippen LogP contribution in [0.15, 0.2) is 60.8 Å². The first-order chi connectivity index (χ1) is 11.3. The summed E-state index contributed by atoms with van der Waals surface area (Å²) in [4.78, 5) is 17.9. The summed E-state index contributed by atoms with van der Waals surface area (Å²) in [5.41, 5.74) is 3.64. The smallest absolute Gasteiger partial charge is 0.276 e. The number of anilines is 1. The Morgan fingerprint density at radius 2 is 1.78 bits per heavy atom. The van der Waals surface area contributed by atoms with E-state index in [0.29, 0.717) is 17.0 Å². The number of amides is 1. The van der Waals surface area contributed by atoms with Crippen LogP contribution >= 0.6 is 12.2 Å². The lowest BCUT2D eigenvalue weighted by molar-refractivity contribution is 0.0983. The molecular weight excluding hydrogens is 306 g/mol. The molecular formula is C18H15N3OS. The average Bonchev–Trinajstić information content (AvgIpc) is 3.19. The molecule has 0 aliphatic carbocycles. The second-order valence-corrected chi connectivity index (χ2v) is 5.87. The van der Waals surface area contributed by atoms with Gasteiger partial charge in [0.05, 0.1) is 0 Å². The lowest BCUT2D eigenvalue weighted by Crippen LogP contribution is -2.30. The number of H-pyrrole nitrogens is 1. The first-order valence-corrected chi connectivity index (χ1v) is 7.92. The van der Waals surface area contributed by atoms with Crippen LogP contribution in [0, 0.1) is 4.77 Å². The first kappa shape index (κ1) is 14.0. The van der Waals surface area contributed by atoms with Crippen LogP contribution in [0.25, 0.3) is 5.69 Å². The summed E-state index contributed by atoms with van der Waals surface area (Å²) in [6.45, 7) is 0.699. The second kappa shape index (κ2) is 5.52. The Bertz CT molecular complexity index is 927. The maximum Gasteiger partial charge on any atom is 0.276 e. The summed E-state index contributed by atoms with van der Waals surface area (Å²) in [5.74, 6) is -0.0360. The average molecular weight is 321 g/mol. The number of benzene rings is 2. The number of nitrogens with zero attached hydrogens (tertiary/aromatic N) is 2. The fourth-order valence-electron chi connectivity index (χ4n) is 3.05. The Morgan fingerprint density at radius 1 is 1.04 bits per heavy atom. The number of carbonyl (C=O) groups is 1. The van der Waals surface area contributed by atoms with Crippen LogP contribution in [0.5, 0.6) is 0 Å². The molecule has 0 bridgehead atoms. The molecule has 1 aliphatic rings. The van der Waals surface area contributed by atoms with Crippen molar-refractivity contribution >= 4 is 23.8 Å². The fourth-order valence-corrected chi connectivity index (χ4v) is 3.31. The predicted octanol–water partition coefficient (Wildman–Crippen LogP) is 3.74. The first-order valence-electron chi connectivity index (χ1n) is 7.51. The minimum atomic E-state index is -0.0360. The van der Waals surface area contributed by atoms with E-state index in [1.165, 1.54) is 5.56 Å². The van der Waals surface area contributed by atoms with Gasteiger partial charge < -0.3 is 9.88 Å². The number of hydrogen-bond donors (Lipinski definition) is 1. The molecule has 0 spiro atoms. The number of fused-ring (bicyclic) bond motifs is 1. The van der Waals surface area contributed by atoms with Crippen LogP contribution in [-0.2, 0) is 6.42 Å². The van der Waals surface area contributed by atoms with Crippen molar-refractivity contribution in [3.05, 3.63) is 76.8 Å². The molecule has 1 N–H and O–H groups in total. The number of imidazole rings is 1. The largest absolute Gasteiger partial charge is 0.336 e. The van der Waals surface area contributed by atoms with E-state index in [-0.39, 0.29) is 5.91 Å². The van der Waals surface area contributed by atoms with Crippen molar-refractivity contribution in [1.82, 2.24) is 9.55 Å². The number of rotatable bonds is 2. The van der Waals surface area contributed by atoms with Gasteiger partial charge in [0.1, 0.15) is 5.69 Å². The van der Waals surface area contributed by atoms with Gasteiger partial charge in [-0.2, -0.15) is 0 Å². The molecule has 0 atom stereocenters. The van der Waals surface area contributed by atoms with Gasteiger partial charge in [-0.05, 0) is 42.4 Å². The van der Waals surface area contributed by atoms with Gasteiger partial charge in [-0.3, -0.25) is 9.36 Å². The Labute approximate surface area is 139 Å². The molecule has 23 heavy (non-hydrogen) atoms. The second-order valence-electron chi connectivity index (χ2n) is 5.49. The highest BCUT2D eigenvalue weighted by atomic mass is 32.1. The molecule has 0 fully saturated rings. The predicted molar refractivity (Wildman–Crippen MR) is 92.8 cm³/mol. The zero-order valence-corrected chi connectivity index (χ0v) is 13.2. The summed E-state index contributed by atoms with van der Waals surface area (Å²) in [7, 11) is 0. The number of aromatic amines is 1. The van der Waals surface area contributed by atoms with Crippen molar-refractivity contribution in [3.63, 3.8) is 0 Å². The third-order valence-electron chi connectivity index (χ3n) is 4.14. The molecule has 0 radical (unpaired) electrons. The van der Waals surface area contributed by atoms with Gasteiger partial charge in [0, 0.05) is 24.1 Å². The minimum absolute atomic E-state index is 0.0360. The summed E-state index contributed by atoms with van der Waals surface area (Å²) in [5, 5.41) is 0. The van der Waals surface area contributed by atoms with E-state index in [9.17, 15) is 4.79 Å².